The van der Waals surface area contributed by atoms with Gasteiger partial charge in [-0.2, -0.15) is 11.8 Å². The lowest BCUT2D eigenvalue weighted by atomic mass is 10.1. The van der Waals surface area contributed by atoms with E-state index in [-0.39, 0.29) is 5.78 Å². The summed E-state index contributed by atoms with van der Waals surface area (Å²) in [6.45, 7) is 2.13. The minimum absolute atomic E-state index is 0.0574. The summed E-state index contributed by atoms with van der Waals surface area (Å²) in [5.74, 6) is 1.33. The van der Waals surface area contributed by atoms with Crippen molar-refractivity contribution in [3.8, 4) is 0 Å². The first kappa shape index (κ1) is 15.9. The fourth-order valence-electron chi connectivity index (χ4n) is 2.25. The number of hydrogen-bond acceptors (Lipinski definition) is 5. The topological polar surface area (TPSA) is 54.5 Å². The SMILES string of the molecule is CC(=O)c1ccc(Br)cc1N1CCSCC1S(C)(=O)=O. The lowest BCUT2D eigenvalue weighted by Crippen LogP contribution is -2.47. The molecular formula is C13H16BrNO3S2. The van der Waals surface area contributed by atoms with E-state index in [1.165, 1.54) is 13.2 Å². The smallest absolute Gasteiger partial charge is 0.169 e. The molecule has 1 fully saturated rings. The lowest BCUT2D eigenvalue weighted by Gasteiger charge is -2.36. The van der Waals surface area contributed by atoms with Gasteiger partial charge in [-0.15, -0.1) is 0 Å². The van der Waals surface area contributed by atoms with Crippen molar-refractivity contribution in [1.82, 2.24) is 0 Å². The molecule has 1 aromatic carbocycles. The second-order valence-corrected chi connectivity index (χ2v) is 9.04. The average molecular weight is 378 g/mol. The Morgan fingerprint density at radius 1 is 1.45 bits per heavy atom. The first-order valence-corrected chi connectivity index (χ1v) is 10.0. The Hall–Kier alpha value is -0.530. The van der Waals surface area contributed by atoms with Gasteiger partial charge in [0.1, 0.15) is 5.37 Å². The minimum atomic E-state index is -3.20. The maximum atomic E-state index is 12.0. The third kappa shape index (κ3) is 3.38. The molecule has 0 aliphatic carbocycles. The number of carbonyl (C=O) groups is 1. The molecule has 7 heteroatoms. The minimum Gasteiger partial charge on any atom is -0.353 e. The Balaban J connectivity index is 2.52. The molecule has 20 heavy (non-hydrogen) atoms. The van der Waals surface area contributed by atoms with E-state index in [2.05, 4.69) is 15.9 Å². The summed E-state index contributed by atoms with van der Waals surface area (Å²) >= 11 is 5.02. The van der Waals surface area contributed by atoms with Crippen molar-refractivity contribution in [1.29, 1.82) is 0 Å². The van der Waals surface area contributed by atoms with Crippen LogP contribution in [0.5, 0.6) is 0 Å². The Morgan fingerprint density at radius 2 is 2.15 bits per heavy atom. The molecular weight excluding hydrogens is 362 g/mol. The van der Waals surface area contributed by atoms with Crippen LogP contribution in [0.2, 0.25) is 0 Å². The summed E-state index contributed by atoms with van der Waals surface area (Å²) in [5, 5.41) is -0.575. The fraction of sp³-hybridized carbons (Fsp3) is 0.462. The Labute approximate surface area is 132 Å². The van der Waals surface area contributed by atoms with Crippen molar-refractivity contribution < 1.29 is 13.2 Å². The van der Waals surface area contributed by atoms with Gasteiger partial charge in [-0.1, -0.05) is 15.9 Å². The van der Waals surface area contributed by atoms with Gasteiger partial charge in [0.05, 0.1) is 0 Å². The summed E-state index contributed by atoms with van der Waals surface area (Å²) in [7, 11) is -3.20. The molecule has 1 aliphatic heterocycles. The zero-order chi connectivity index (χ0) is 14.9. The zero-order valence-electron chi connectivity index (χ0n) is 11.3. The van der Waals surface area contributed by atoms with Crippen LogP contribution in [0.3, 0.4) is 0 Å². The van der Waals surface area contributed by atoms with Crippen LogP contribution in [-0.4, -0.2) is 43.9 Å². The number of thioether (sulfide) groups is 1. The van der Waals surface area contributed by atoms with Gasteiger partial charge in [0.25, 0.3) is 0 Å². The van der Waals surface area contributed by atoms with Crippen LogP contribution in [0, 0.1) is 0 Å². The van der Waals surface area contributed by atoms with Crippen LogP contribution in [-0.2, 0) is 9.84 Å². The third-order valence-electron chi connectivity index (χ3n) is 3.23. The Kier molecular flexibility index (Phi) is 4.81. The second-order valence-electron chi connectivity index (χ2n) is 4.77. The van der Waals surface area contributed by atoms with Gasteiger partial charge in [0.15, 0.2) is 15.6 Å². The van der Waals surface area contributed by atoms with Gasteiger partial charge in [-0.25, -0.2) is 8.42 Å². The second kappa shape index (κ2) is 6.07. The number of halogens is 1. The molecule has 1 unspecified atom stereocenters. The summed E-state index contributed by atoms with van der Waals surface area (Å²) in [6, 6.07) is 5.36. The molecule has 4 nitrogen and oxygen atoms in total. The van der Waals surface area contributed by atoms with Gasteiger partial charge >= 0.3 is 0 Å². The quantitative estimate of drug-likeness (QED) is 0.757. The highest BCUT2D eigenvalue weighted by atomic mass is 79.9. The molecule has 1 atom stereocenters. The molecule has 1 saturated heterocycles. The van der Waals surface area contributed by atoms with E-state index >= 15 is 0 Å². The molecule has 0 radical (unpaired) electrons. The van der Waals surface area contributed by atoms with Crippen molar-refractivity contribution in [3.05, 3.63) is 28.2 Å². The number of Topliss-reactive ketones (excluding diaryl/α,β-unsaturated/α-hetero) is 1. The van der Waals surface area contributed by atoms with Crippen molar-refractivity contribution >= 4 is 49.0 Å². The number of carbonyl (C=O) groups excluding carboxylic acids is 1. The van der Waals surface area contributed by atoms with Gasteiger partial charge in [0.2, 0.25) is 0 Å². The van der Waals surface area contributed by atoms with E-state index in [9.17, 15) is 13.2 Å². The number of nitrogens with zero attached hydrogens (tertiary/aromatic N) is 1. The van der Waals surface area contributed by atoms with E-state index < -0.39 is 15.2 Å². The van der Waals surface area contributed by atoms with Crippen LogP contribution in [0.25, 0.3) is 0 Å². The Bertz CT molecular complexity index is 631. The molecule has 0 amide bonds. The molecule has 0 bridgehead atoms. The number of anilines is 1. The summed E-state index contributed by atoms with van der Waals surface area (Å²) < 4.78 is 24.8. The molecule has 2 rings (SSSR count). The van der Waals surface area contributed by atoms with E-state index in [0.717, 1.165) is 10.2 Å². The van der Waals surface area contributed by atoms with E-state index in [1.807, 2.05) is 11.0 Å². The van der Waals surface area contributed by atoms with Crippen LogP contribution in [0.1, 0.15) is 17.3 Å². The van der Waals surface area contributed by atoms with Crippen LogP contribution >= 0.6 is 27.7 Å². The normalized spacial score (nSPS) is 19.9. The predicted molar refractivity (Wildman–Crippen MR) is 87.4 cm³/mol. The highest BCUT2D eigenvalue weighted by Gasteiger charge is 2.32. The summed E-state index contributed by atoms with van der Waals surface area (Å²) in [5.41, 5.74) is 1.26. The van der Waals surface area contributed by atoms with Crippen molar-refractivity contribution in [2.24, 2.45) is 0 Å². The van der Waals surface area contributed by atoms with Gasteiger partial charge < -0.3 is 4.90 Å². The van der Waals surface area contributed by atoms with Gasteiger partial charge in [-0.05, 0) is 25.1 Å². The summed E-state index contributed by atoms with van der Waals surface area (Å²) in [4.78, 5) is 13.6. The van der Waals surface area contributed by atoms with Crippen molar-refractivity contribution in [3.63, 3.8) is 0 Å². The highest BCUT2D eigenvalue weighted by molar-refractivity contribution is 9.10. The van der Waals surface area contributed by atoms with Gasteiger partial charge in [0, 0.05) is 40.0 Å². The molecule has 1 heterocycles. The van der Waals surface area contributed by atoms with E-state index in [4.69, 9.17) is 0 Å². The first-order valence-electron chi connectivity index (χ1n) is 6.14. The Morgan fingerprint density at radius 3 is 2.75 bits per heavy atom. The number of rotatable bonds is 3. The first-order chi connectivity index (χ1) is 9.30. The number of hydrogen-bond donors (Lipinski definition) is 0. The molecule has 1 aliphatic rings. The van der Waals surface area contributed by atoms with Crippen LogP contribution in [0.15, 0.2) is 22.7 Å². The lowest BCUT2D eigenvalue weighted by molar-refractivity contribution is 0.101. The van der Waals surface area contributed by atoms with Gasteiger partial charge in [-0.3, -0.25) is 4.79 Å². The fourth-order valence-corrected chi connectivity index (χ4v) is 5.43. The van der Waals surface area contributed by atoms with E-state index in [0.29, 0.717) is 23.5 Å². The number of ketones is 1. The predicted octanol–water partition coefficient (Wildman–Crippen LogP) is 2.58. The molecule has 110 valence electrons. The third-order valence-corrected chi connectivity index (χ3v) is 6.36. The maximum absolute atomic E-state index is 12.0. The van der Waals surface area contributed by atoms with E-state index in [1.54, 1.807) is 23.9 Å². The van der Waals surface area contributed by atoms with Crippen LogP contribution < -0.4 is 4.90 Å². The number of benzene rings is 1. The van der Waals surface area contributed by atoms with Crippen LogP contribution in [0.4, 0.5) is 5.69 Å². The molecule has 0 spiro atoms. The largest absolute Gasteiger partial charge is 0.353 e. The van der Waals surface area contributed by atoms with Crippen molar-refractivity contribution in [2.45, 2.75) is 12.3 Å². The standard InChI is InChI=1S/C13H16BrNO3S2/c1-9(16)11-4-3-10(14)7-12(11)15-5-6-19-8-13(15)20(2,17)18/h3-4,7,13H,5-6,8H2,1-2H3. The zero-order valence-corrected chi connectivity index (χ0v) is 14.5. The average Bonchev–Trinajstić information content (AvgIpc) is 2.37. The molecule has 1 aromatic rings. The highest BCUT2D eigenvalue weighted by Crippen LogP contribution is 2.32. The number of sulfone groups is 1. The molecule has 0 N–H and O–H groups in total. The summed E-state index contributed by atoms with van der Waals surface area (Å²) in [6.07, 6.45) is 1.25. The van der Waals surface area contributed by atoms with Crippen molar-refractivity contribution in [2.75, 3.05) is 29.2 Å². The maximum Gasteiger partial charge on any atom is 0.169 e. The monoisotopic (exact) mass is 377 g/mol. The molecule has 0 saturated carbocycles. The molecule has 0 aromatic heterocycles.